The maximum Gasteiger partial charge on any atom is 0.506 e. The molecule has 3 rings (SSSR count). The van der Waals surface area contributed by atoms with Gasteiger partial charge in [-0.25, -0.2) is 0 Å². The van der Waals surface area contributed by atoms with Crippen molar-refractivity contribution in [2.75, 3.05) is 0 Å². The smallest absolute Gasteiger partial charge is 0.296 e. The number of benzene rings is 2. The van der Waals surface area contributed by atoms with Crippen LogP contribution in [-0.2, 0) is 5.41 Å². The third kappa shape index (κ3) is 5.49. The van der Waals surface area contributed by atoms with E-state index in [-0.39, 0.29) is 23.6 Å². The van der Waals surface area contributed by atoms with Crippen LogP contribution < -0.4 is 3.69 Å². The Kier molecular flexibility index (Phi) is 9.59. The molecule has 0 aliphatic heterocycles. The van der Waals surface area contributed by atoms with Crippen molar-refractivity contribution in [1.82, 2.24) is 0 Å². The Bertz CT molecular complexity index is 753. The average Bonchev–Trinajstić information content (AvgIpc) is 3.03. The molecule has 0 fully saturated rings. The molecule has 29 heavy (non-hydrogen) atoms. The fraction of sp³-hybridized carbons (Fsp3) is 0.556. The Morgan fingerprint density at radius 3 is 2.03 bits per heavy atom. The van der Waals surface area contributed by atoms with E-state index in [4.69, 9.17) is 0 Å². The minimum absolute atomic E-state index is 0.216. The van der Waals surface area contributed by atoms with E-state index >= 15 is 0 Å². The number of rotatable bonds is 13. The van der Waals surface area contributed by atoms with Crippen molar-refractivity contribution in [3.63, 3.8) is 0 Å². The molecular weight excluding hydrogens is 429 g/mol. The highest BCUT2D eigenvalue weighted by Crippen LogP contribution is 2.53. The molecule has 2 aromatic rings. The van der Waals surface area contributed by atoms with Crippen molar-refractivity contribution < 1.29 is 0 Å². The third-order valence-electron chi connectivity index (χ3n) is 6.84. The molecule has 0 amide bonds. The Labute approximate surface area is 194 Å². The van der Waals surface area contributed by atoms with Crippen molar-refractivity contribution >= 4 is 34.8 Å². The fourth-order valence-corrected chi connectivity index (χ4v) is 6.77. The maximum atomic E-state index is 3.83. The molecular formula is C27H36BrMg. The Balaban J connectivity index is 1.91. The lowest BCUT2D eigenvalue weighted by atomic mass is 9.70. The fourth-order valence-electron chi connectivity index (χ4n) is 5.24. The van der Waals surface area contributed by atoms with Gasteiger partial charge < -0.3 is 0 Å². The lowest BCUT2D eigenvalue weighted by Gasteiger charge is -2.33. The lowest BCUT2D eigenvalue weighted by Crippen LogP contribution is -2.27. The van der Waals surface area contributed by atoms with Crippen molar-refractivity contribution in [3.05, 3.63) is 53.6 Å². The van der Waals surface area contributed by atoms with E-state index in [0.29, 0.717) is 0 Å². The summed E-state index contributed by atoms with van der Waals surface area (Å²) in [5.74, 6) is 0. The van der Waals surface area contributed by atoms with Gasteiger partial charge in [0.05, 0.1) is 0 Å². The van der Waals surface area contributed by atoms with Gasteiger partial charge in [0.25, 0.3) is 0 Å². The molecule has 153 valence electrons. The summed E-state index contributed by atoms with van der Waals surface area (Å²) in [7, 11) is 0. The SMILES string of the molecule is CCCCCCCC1(CCCCCCC)c2c[c]ccc2-c2cc[c]([Mg][Br])cc21. The summed E-state index contributed by atoms with van der Waals surface area (Å²) >= 11 is 3.52. The minimum atomic E-state index is -0.318. The molecule has 0 bridgehead atoms. The molecule has 1 aliphatic rings. The van der Waals surface area contributed by atoms with E-state index in [1.165, 1.54) is 88.2 Å². The van der Waals surface area contributed by atoms with Crippen LogP contribution in [0, 0.1) is 6.07 Å². The molecule has 2 heteroatoms. The Morgan fingerprint density at radius 2 is 1.41 bits per heavy atom. The van der Waals surface area contributed by atoms with Crippen LogP contribution in [0.2, 0.25) is 0 Å². The standard InChI is InChI=1S/C27H36.BrH.Mg/c1-3-5-7-9-15-21-27(22-16-10-8-6-4-2)25-19-13-11-17-23(25)24-18-12-14-20-26(24)27;;/h11-12,17-20H,3-10,15-16,21-22H2,1-2H3;1H;/q;;+1/p-1. The van der Waals surface area contributed by atoms with Gasteiger partial charge in [-0.2, -0.15) is 3.69 Å². The van der Waals surface area contributed by atoms with Gasteiger partial charge in [-0.3, -0.25) is 12.9 Å². The summed E-state index contributed by atoms with van der Waals surface area (Å²) in [6, 6.07) is 17.5. The number of fused-ring (bicyclic) bond motifs is 3. The van der Waals surface area contributed by atoms with Crippen LogP contribution in [0.3, 0.4) is 0 Å². The lowest BCUT2D eigenvalue weighted by molar-refractivity contribution is 0.399. The molecule has 0 spiro atoms. The normalized spacial score (nSPS) is 13.8. The quantitative estimate of drug-likeness (QED) is 0.207. The molecule has 0 saturated carbocycles. The molecule has 1 aliphatic carbocycles. The number of unbranched alkanes of at least 4 members (excludes halogenated alkanes) is 8. The maximum absolute atomic E-state index is 3.83. The van der Waals surface area contributed by atoms with Crippen LogP contribution in [0.1, 0.15) is 102 Å². The van der Waals surface area contributed by atoms with Crippen LogP contribution in [0.4, 0.5) is 0 Å². The minimum Gasteiger partial charge on any atom is -0.296 e. The van der Waals surface area contributed by atoms with Crippen molar-refractivity contribution in [3.8, 4) is 11.1 Å². The molecule has 0 N–H and O–H groups in total. The van der Waals surface area contributed by atoms with Gasteiger partial charge >= 0.3 is 18.2 Å². The molecule has 0 saturated heterocycles. The van der Waals surface area contributed by atoms with E-state index in [2.05, 4.69) is 69.2 Å². The third-order valence-corrected chi connectivity index (χ3v) is 9.53. The van der Waals surface area contributed by atoms with Crippen LogP contribution in [0.15, 0.2) is 36.4 Å². The highest BCUT2D eigenvalue weighted by Gasteiger charge is 2.41. The zero-order valence-electron chi connectivity index (χ0n) is 18.5. The average molecular weight is 465 g/mol. The van der Waals surface area contributed by atoms with Gasteiger partial charge in [0.1, 0.15) is 0 Å². The van der Waals surface area contributed by atoms with E-state index in [9.17, 15) is 0 Å². The second-order valence-corrected chi connectivity index (χ2v) is 11.7. The zero-order valence-corrected chi connectivity index (χ0v) is 21.5. The van der Waals surface area contributed by atoms with Crippen molar-refractivity contribution in [1.29, 1.82) is 0 Å². The first kappa shape index (κ1) is 23.4. The van der Waals surface area contributed by atoms with E-state index in [0.717, 1.165) is 0 Å². The molecule has 0 atom stereocenters. The monoisotopic (exact) mass is 463 g/mol. The summed E-state index contributed by atoms with van der Waals surface area (Å²) in [6.45, 7) is 4.62. The van der Waals surface area contributed by atoms with Crippen LogP contribution >= 0.6 is 12.9 Å². The van der Waals surface area contributed by atoms with Crippen LogP contribution in [-0.4, -0.2) is 18.2 Å². The van der Waals surface area contributed by atoms with Gasteiger partial charge in [0.2, 0.25) is 0 Å². The molecule has 2 aromatic carbocycles. The summed E-state index contributed by atoms with van der Waals surface area (Å²) in [5.41, 5.74) is 6.38. The Morgan fingerprint density at radius 1 is 0.793 bits per heavy atom. The number of hydrogen-bond acceptors (Lipinski definition) is 0. The van der Waals surface area contributed by atoms with Crippen LogP contribution in [0.5, 0.6) is 0 Å². The Hall–Kier alpha value is -0.314. The molecule has 0 heterocycles. The van der Waals surface area contributed by atoms with Gasteiger partial charge in [-0.1, -0.05) is 108 Å². The van der Waals surface area contributed by atoms with Gasteiger partial charge in [0.15, 0.2) is 0 Å². The van der Waals surface area contributed by atoms with Crippen molar-refractivity contribution in [2.24, 2.45) is 0 Å². The van der Waals surface area contributed by atoms with Gasteiger partial charge in [0, 0.05) is 5.41 Å². The summed E-state index contributed by atoms with van der Waals surface area (Å²) in [4.78, 5) is 0. The predicted octanol–water partition coefficient (Wildman–Crippen LogP) is 8.11. The highest BCUT2D eigenvalue weighted by atomic mass is 79.9. The number of hydrogen-bond donors (Lipinski definition) is 0. The predicted molar refractivity (Wildman–Crippen MR) is 133 cm³/mol. The first-order valence-electron chi connectivity index (χ1n) is 12.0. The second kappa shape index (κ2) is 11.9. The molecule has 0 aromatic heterocycles. The first-order valence-corrected chi connectivity index (χ1v) is 16.6. The zero-order chi connectivity index (χ0) is 20.5. The topological polar surface area (TPSA) is 0 Å². The molecule has 0 nitrogen and oxygen atoms in total. The van der Waals surface area contributed by atoms with Crippen molar-refractivity contribution in [2.45, 2.75) is 96.3 Å². The molecule has 1 radical (unpaired) electrons. The second-order valence-electron chi connectivity index (χ2n) is 8.90. The summed E-state index contributed by atoms with van der Waals surface area (Å²) in [5, 5.41) is 0. The van der Waals surface area contributed by atoms with E-state index < -0.39 is 0 Å². The van der Waals surface area contributed by atoms with Crippen LogP contribution in [0.25, 0.3) is 11.1 Å². The highest BCUT2D eigenvalue weighted by molar-refractivity contribution is 9.23. The first-order chi connectivity index (χ1) is 14.3. The van der Waals surface area contributed by atoms with E-state index in [1.807, 2.05) is 0 Å². The largest absolute Gasteiger partial charge is 0.506 e. The molecule has 0 unspecified atom stereocenters. The van der Waals surface area contributed by atoms with E-state index in [1.54, 1.807) is 14.8 Å². The summed E-state index contributed by atoms with van der Waals surface area (Å²) in [6.07, 6.45) is 16.2. The summed E-state index contributed by atoms with van der Waals surface area (Å²) < 4.78 is 1.54. The number of halogens is 1. The van der Waals surface area contributed by atoms with Gasteiger partial charge in [-0.05, 0) is 47.2 Å². The van der Waals surface area contributed by atoms with Gasteiger partial charge in [-0.15, -0.1) is 0 Å².